The van der Waals surface area contributed by atoms with E-state index < -0.39 is 0 Å². The van der Waals surface area contributed by atoms with Gasteiger partial charge in [-0.1, -0.05) is 84.9 Å². The van der Waals surface area contributed by atoms with E-state index in [4.69, 9.17) is 0 Å². The van der Waals surface area contributed by atoms with Crippen molar-refractivity contribution in [3.8, 4) is 22.6 Å². The fourth-order valence-electron chi connectivity index (χ4n) is 6.54. The molecule has 0 amide bonds. The van der Waals surface area contributed by atoms with Gasteiger partial charge < -0.3 is 9.13 Å². The molecule has 6 aromatic carbocycles. The third-order valence-electron chi connectivity index (χ3n) is 8.40. The highest BCUT2D eigenvalue weighted by Gasteiger charge is 2.17. The minimum Gasteiger partial charge on any atom is -0.309 e. The Kier molecular flexibility index (Phi) is 4.87. The van der Waals surface area contributed by atoms with Crippen LogP contribution in [0.5, 0.6) is 0 Å². The molecule has 0 aliphatic heterocycles. The molecule has 0 bridgehead atoms. The molecular weight excluding hydrogens is 512 g/mol. The van der Waals surface area contributed by atoms with Crippen molar-refractivity contribution < 1.29 is 0 Å². The number of nitrogens with zero attached hydrogens (tertiary/aromatic N) is 4. The van der Waals surface area contributed by atoms with Crippen LogP contribution < -0.4 is 0 Å². The third kappa shape index (κ3) is 3.36. The molecule has 4 heteroatoms. The van der Waals surface area contributed by atoms with Crippen LogP contribution in [-0.4, -0.2) is 19.3 Å². The Labute approximate surface area is 241 Å². The summed E-state index contributed by atoms with van der Waals surface area (Å²) in [4.78, 5) is 0. The zero-order valence-electron chi connectivity index (χ0n) is 22.6. The van der Waals surface area contributed by atoms with E-state index in [0.29, 0.717) is 0 Å². The van der Waals surface area contributed by atoms with Gasteiger partial charge in [0.25, 0.3) is 0 Å². The molecule has 0 saturated carbocycles. The highest BCUT2D eigenvalue weighted by molar-refractivity contribution is 6.18. The van der Waals surface area contributed by atoms with Crippen molar-refractivity contribution in [3.05, 3.63) is 146 Å². The highest BCUT2D eigenvalue weighted by atomic mass is 15.1. The minimum atomic E-state index is 0.855. The first-order valence-corrected chi connectivity index (χ1v) is 14.2. The molecule has 0 radical (unpaired) electrons. The molecule has 0 atom stereocenters. The Hall–Kier alpha value is -5.74. The van der Waals surface area contributed by atoms with Crippen molar-refractivity contribution in [1.29, 1.82) is 0 Å². The van der Waals surface area contributed by atoms with Crippen molar-refractivity contribution in [1.82, 2.24) is 19.3 Å². The number of hydrogen-bond donors (Lipinski definition) is 0. The van der Waals surface area contributed by atoms with Crippen LogP contribution in [0, 0.1) is 0 Å². The van der Waals surface area contributed by atoms with Crippen LogP contribution in [0.4, 0.5) is 0 Å². The SMILES string of the molecule is c1ccc(-c2cc(-n3c4ccccc4c4cc5cc6c7ccccc7n(-c7ccccc7)c6cc5cc43)cnn2)cc1. The smallest absolute Gasteiger partial charge is 0.0950 e. The Bertz CT molecular complexity index is 2450. The zero-order chi connectivity index (χ0) is 27.6. The molecule has 0 fully saturated rings. The molecule has 9 rings (SSSR count). The molecule has 3 aromatic heterocycles. The average Bonchev–Trinajstić information content (AvgIpc) is 3.55. The maximum absolute atomic E-state index is 4.46. The van der Waals surface area contributed by atoms with Crippen LogP contribution in [0.3, 0.4) is 0 Å². The summed E-state index contributed by atoms with van der Waals surface area (Å²) in [5.41, 5.74) is 8.78. The lowest BCUT2D eigenvalue weighted by Crippen LogP contribution is -1.97. The predicted octanol–water partition coefficient (Wildman–Crippen LogP) is 9.49. The van der Waals surface area contributed by atoms with Gasteiger partial charge in [0.05, 0.1) is 39.6 Å². The summed E-state index contributed by atoms with van der Waals surface area (Å²) in [6.45, 7) is 0. The Morgan fingerprint density at radius 2 is 0.929 bits per heavy atom. The van der Waals surface area contributed by atoms with Gasteiger partial charge in [0.1, 0.15) is 0 Å². The van der Waals surface area contributed by atoms with E-state index in [9.17, 15) is 0 Å². The number of fused-ring (bicyclic) bond motifs is 7. The quantitative estimate of drug-likeness (QED) is 0.225. The van der Waals surface area contributed by atoms with Gasteiger partial charge in [0.15, 0.2) is 0 Å². The Morgan fingerprint density at radius 1 is 0.405 bits per heavy atom. The lowest BCUT2D eigenvalue weighted by atomic mass is 10.0. The molecular formula is C38H24N4. The second kappa shape index (κ2) is 8.88. The van der Waals surface area contributed by atoms with Crippen LogP contribution in [0.25, 0.3) is 77.0 Å². The lowest BCUT2D eigenvalue weighted by Gasteiger charge is -2.10. The molecule has 3 heterocycles. The van der Waals surface area contributed by atoms with Gasteiger partial charge in [-0.25, -0.2) is 0 Å². The summed E-state index contributed by atoms with van der Waals surface area (Å²) in [5, 5.41) is 16.3. The second-order valence-electron chi connectivity index (χ2n) is 10.8. The van der Waals surface area contributed by atoms with Gasteiger partial charge in [0, 0.05) is 32.8 Å². The maximum Gasteiger partial charge on any atom is 0.0950 e. The van der Waals surface area contributed by atoms with Crippen molar-refractivity contribution in [2.24, 2.45) is 0 Å². The molecule has 0 unspecified atom stereocenters. The van der Waals surface area contributed by atoms with Crippen LogP contribution in [0.2, 0.25) is 0 Å². The number of para-hydroxylation sites is 3. The molecule has 0 saturated heterocycles. The van der Waals surface area contributed by atoms with E-state index in [2.05, 4.69) is 141 Å². The van der Waals surface area contributed by atoms with E-state index in [0.717, 1.165) is 33.7 Å². The van der Waals surface area contributed by atoms with Gasteiger partial charge in [0.2, 0.25) is 0 Å². The summed E-state index contributed by atoms with van der Waals surface area (Å²) < 4.78 is 4.70. The van der Waals surface area contributed by atoms with Crippen LogP contribution in [0.1, 0.15) is 0 Å². The van der Waals surface area contributed by atoms with Crippen LogP contribution in [0.15, 0.2) is 146 Å². The monoisotopic (exact) mass is 536 g/mol. The van der Waals surface area contributed by atoms with Crippen molar-refractivity contribution in [2.75, 3.05) is 0 Å². The van der Waals surface area contributed by atoms with E-state index in [1.165, 1.54) is 43.4 Å². The molecule has 0 N–H and O–H groups in total. The topological polar surface area (TPSA) is 35.6 Å². The van der Waals surface area contributed by atoms with E-state index in [1.54, 1.807) is 0 Å². The Balaban J connectivity index is 1.36. The first-order chi connectivity index (χ1) is 20.8. The van der Waals surface area contributed by atoms with E-state index in [1.807, 2.05) is 24.4 Å². The first kappa shape index (κ1) is 23.0. The van der Waals surface area contributed by atoms with Crippen molar-refractivity contribution in [2.45, 2.75) is 0 Å². The molecule has 0 spiro atoms. The molecule has 0 aliphatic carbocycles. The van der Waals surface area contributed by atoms with Crippen LogP contribution in [-0.2, 0) is 0 Å². The van der Waals surface area contributed by atoms with E-state index >= 15 is 0 Å². The largest absolute Gasteiger partial charge is 0.309 e. The third-order valence-corrected chi connectivity index (χ3v) is 8.40. The predicted molar refractivity (Wildman–Crippen MR) is 174 cm³/mol. The summed E-state index contributed by atoms with van der Waals surface area (Å²) in [5.74, 6) is 0. The van der Waals surface area contributed by atoms with Gasteiger partial charge in [-0.2, -0.15) is 10.2 Å². The minimum absolute atomic E-state index is 0.855. The number of benzene rings is 6. The van der Waals surface area contributed by atoms with Crippen molar-refractivity contribution >= 4 is 54.4 Å². The Morgan fingerprint density at radius 3 is 1.57 bits per heavy atom. The zero-order valence-corrected chi connectivity index (χ0v) is 22.6. The standard InChI is InChI=1S/C38H24N4/c1-3-11-25(12-4-1)34-23-29(24-39-40-34)42-36-18-10-8-16-31(36)33-20-26-19-32-30-15-7-9-17-35(30)41(28-13-5-2-6-14-28)37(32)21-27(26)22-38(33)42/h1-24H. The van der Waals surface area contributed by atoms with Gasteiger partial charge in [-0.3, -0.25) is 0 Å². The van der Waals surface area contributed by atoms with Crippen molar-refractivity contribution in [3.63, 3.8) is 0 Å². The molecule has 4 nitrogen and oxygen atoms in total. The molecule has 9 aromatic rings. The normalized spacial score (nSPS) is 11.8. The first-order valence-electron chi connectivity index (χ1n) is 14.2. The van der Waals surface area contributed by atoms with Crippen LogP contribution >= 0.6 is 0 Å². The molecule has 196 valence electrons. The molecule has 0 aliphatic rings. The number of aromatic nitrogens is 4. The maximum atomic E-state index is 4.46. The lowest BCUT2D eigenvalue weighted by molar-refractivity contribution is 1.01. The average molecular weight is 537 g/mol. The number of rotatable bonds is 3. The summed E-state index contributed by atoms with van der Waals surface area (Å²) >= 11 is 0. The second-order valence-corrected chi connectivity index (χ2v) is 10.8. The van der Waals surface area contributed by atoms with Gasteiger partial charge >= 0.3 is 0 Å². The molecule has 42 heavy (non-hydrogen) atoms. The highest BCUT2D eigenvalue weighted by Crippen LogP contribution is 2.39. The van der Waals surface area contributed by atoms with Gasteiger partial charge in [-0.05, 0) is 65.4 Å². The summed E-state index contributed by atoms with van der Waals surface area (Å²) in [6.07, 6.45) is 1.86. The fourth-order valence-corrected chi connectivity index (χ4v) is 6.54. The van der Waals surface area contributed by atoms with Gasteiger partial charge in [-0.15, -0.1) is 0 Å². The van der Waals surface area contributed by atoms with E-state index in [-0.39, 0.29) is 0 Å². The summed E-state index contributed by atoms with van der Waals surface area (Å²) in [7, 11) is 0. The summed E-state index contributed by atoms with van der Waals surface area (Å²) in [6, 6.07) is 49.7. The fraction of sp³-hybridized carbons (Fsp3) is 0. The number of hydrogen-bond acceptors (Lipinski definition) is 2.